The van der Waals surface area contributed by atoms with E-state index in [1.165, 1.54) is 16.9 Å². The summed E-state index contributed by atoms with van der Waals surface area (Å²) in [7, 11) is 2.17. The summed E-state index contributed by atoms with van der Waals surface area (Å²) in [6.07, 6.45) is 0.913. The normalized spacial score (nSPS) is 18.8. The minimum Gasteiger partial charge on any atom is -0.338 e. The molecule has 1 aromatic carbocycles. The zero-order chi connectivity index (χ0) is 17.5. The third kappa shape index (κ3) is 5.22. The second-order valence-corrected chi connectivity index (χ2v) is 7.04. The summed E-state index contributed by atoms with van der Waals surface area (Å²) in [5.41, 5.74) is 2.95. The SMILES string of the molecule is CN1CCN(CCCNC(=O)Nc2nncs2)C(c2ccccc2)C1. The molecular formula is C17H24N6OS. The van der Waals surface area contributed by atoms with Crippen LogP contribution in [0.15, 0.2) is 35.8 Å². The van der Waals surface area contributed by atoms with E-state index in [0.29, 0.717) is 17.7 Å². The van der Waals surface area contributed by atoms with Crippen LogP contribution in [0.5, 0.6) is 0 Å². The first kappa shape index (κ1) is 17.8. The summed E-state index contributed by atoms with van der Waals surface area (Å²) in [4.78, 5) is 16.7. The third-order valence-electron chi connectivity index (χ3n) is 4.37. The molecule has 1 aliphatic rings. The quantitative estimate of drug-likeness (QED) is 0.771. The zero-order valence-electron chi connectivity index (χ0n) is 14.4. The monoisotopic (exact) mass is 360 g/mol. The van der Waals surface area contributed by atoms with Gasteiger partial charge in [0.15, 0.2) is 0 Å². The minimum atomic E-state index is -0.227. The Morgan fingerprint density at radius 3 is 2.92 bits per heavy atom. The molecule has 0 aliphatic carbocycles. The predicted molar refractivity (Wildman–Crippen MR) is 99.8 cm³/mol. The van der Waals surface area contributed by atoms with E-state index in [0.717, 1.165) is 32.6 Å². The molecular weight excluding hydrogens is 336 g/mol. The van der Waals surface area contributed by atoms with E-state index >= 15 is 0 Å². The molecule has 1 unspecified atom stereocenters. The van der Waals surface area contributed by atoms with Gasteiger partial charge in [0.2, 0.25) is 5.13 Å². The molecule has 1 fully saturated rings. The Bertz CT molecular complexity index is 650. The van der Waals surface area contributed by atoms with E-state index in [-0.39, 0.29) is 6.03 Å². The number of likely N-dealkylation sites (N-methyl/N-ethyl adjacent to an activating group) is 1. The number of aromatic nitrogens is 2. The standard InChI is InChI=1S/C17H24N6OS/c1-22-10-11-23(15(12-22)14-6-3-2-4-7-14)9-5-8-18-16(24)20-17-21-19-13-25-17/h2-4,6-7,13,15H,5,8-12H2,1H3,(H2,18,20,21,24). The highest BCUT2D eigenvalue weighted by atomic mass is 32.1. The van der Waals surface area contributed by atoms with Crippen molar-refractivity contribution in [3.8, 4) is 0 Å². The highest BCUT2D eigenvalue weighted by Gasteiger charge is 2.25. The molecule has 2 aromatic rings. The van der Waals surface area contributed by atoms with Gasteiger partial charge in [0, 0.05) is 38.8 Å². The molecule has 134 valence electrons. The van der Waals surface area contributed by atoms with Crippen molar-refractivity contribution in [1.29, 1.82) is 0 Å². The molecule has 0 saturated carbocycles. The van der Waals surface area contributed by atoms with Gasteiger partial charge in [-0.25, -0.2) is 4.79 Å². The van der Waals surface area contributed by atoms with Crippen LogP contribution in [0.3, 0.4) is 0 Å². The lowest BCUT2D eigenvalue weighted by Crippen LogP contribution is -2.47. The number of piperazine rings is 1. The van der Waals surface area contributed by atoms with Crippen LogP contribution in [0.2, 0.25) is 0 Å². The first-order chi connectivity index (χ1) is 12.2. The average Bonchev–Trinajstić information content (AvgIpc) is 3.13. The number of benzene rings is 1. The van der Waals surface area contributed by atoms with Crippen LogP contribution in [0, 0.1) is 0 Å². The van der Waals surface area contributed by atoms with Crippen LogP contribution in [-0.4, -0.2) is 65.8 Å². The van der Waals surface area contributed by atoms with E-state index < -0.39 is 0 Å². The molecule has 1 saturated heterocycles. The van der Waals surface area contributed by atoms with Crippen molar-refractivity contribution < 1.29 is 4.79 Å². The van der Waals surface area contributed by atoms with Crippen molar-refractivity contribution >= 4 is 22.5 Å². The number of hydrogen-bond donors (Lipinski definition) is 2. The topological polar surface area (TPSA) is 73.4 Å². The van der Waals surface area contributed by atoms with Gasteiger partial charge in [0.25, 0.3) is 0 Å². The maximum absolute atomic E-state index is 11.8. The molecule has 2 amide bonds. The van der Waals surface area contributed by atoms with Crippen LogP contribution >= 0.6 is 11.3 Å². The lowest BCUT2D eigenvalue weighted by Gasteiger charge is -2.40. The van der Waals surface area contributed by atoms with Crippen LogP contribution in [0.4, 0.5) is 9.93 Å². The van der Waals surface area contributed by atoms with Gasteiger partial charge in [-0.15, -0.1) is 10.2 Å². The number of rotatable bonds is 6. The average molecular weight is 360 g/mol. The third-order valence-corrected chi connectivity index (χ3v) is 4.97. The highest BCUT2D eigenvalue weighted by Crippen LogP contribution is 2.24. The number of carbonyl (C=O) groups excluding carboxylic acids is 1. The van der Waals surface area contributed by atoms with Gasteiger partial charge in [-0.1, -0.05) is 41.7 Å². The lowest BCUT2D eigenvalue weighted by molar-refractivity contribution is 0.0890. The van der Waals surface area contributed by atoms with Crippen molar-refractivity contribution in [3.63, 3.8) is 0 Å². The highest BCUT2D eigenvalue weighted by molar-refractivity contribution is 7.13. The van der Waals surface area contributed by atoms with Crippen LogP contribution in [0.25, 0.3) is 0 Å². The number of anilines is 1. The molecule has 1 atom stereocenters. The summed E-state index contributed by atoms with van der Waals surface area (Å²) in [5.74, 6) is 0. The second kappa shape index (κ2) is 8.89. The Morgan fingerprint density at radius 2 is 2.16 bits per heavy atom. The zero-order valence-corrected chi connectivity index (χ0v) is 15.2. The first-order valence-electron chi connectivity index (χ1n) is 8.51. The van der Waals surface area contributed by atoms with Crippen molar-refractivity contribution in [3.05, 3.63) is 41.4 Å². The molecule has 0 bridgehead atoms. The lowest BCUT2D eigenvalue weighted by atomic mass is 10.0. The van der Waals surface area contributed by atoms with Crippen molar-refractivity contribution in [2.24, 2.45) is 0 Å². The number of carbonyl (C=O) groups is 1. The fourth-order valence-electron chi connectivity index (χ4n) is 3.07. The Balaban J connectivity index is 1.45. The van der Waals surface area contributed by atoms with E-state index in [4.69, 9.17) is 0 Å². The molecule has 1 aliphatic heterocycles. The maximum atomic E-state index is 11.8. The molecule has 0 spiro atoms. The summed E-state index contributed by atoms with van der Waals surface area (Å²) in [6, 6.07) is 10.8. The molecule has 25 heavy (non-hydrogen) atoms. The minimum absolute atomic E-state index is 0.227. The molecule has 8 heteroatoms. The summed E-state index contributed by atoms with van der Waals surface area (Å²) in [6.45, 7) is 4.77. The Hall–Kier alpha value is -2.03. The fourth-order valence-corrected chi connectivity index (χ4v) is 3.51. The van der Waals surface area contributed by atoms with Crippen LogP contribution < -0.4 is 10.6 Å². The van der Waals surface area contributed by atoms with Gasteiger partial charge in [0.05, 0.1) is 0 Å². The smallest absolute Gasteiger partial charge is 0.321 e. The fraction of sp³-hybridized carbons (Fsp3) is 0.471. The van der Waals surface area contributed by atoms with E-state index in [1.807, 2.05) is 0 Å². The largest absolute Gasteiger partial charge is 0.338 e. The van der Waals surface area contributed by atoms with Crippen molar-refractivity contribution in [2.75, 3.05) is 45.1 Å². The summed E-state index contributed by atoms with van der Waals surface area (Å²) >= 11 is 1.30. The number of hydrogen-bond acceptors (Lipinski definition) is 6. The Labute approximate surface area is 152 Å². The predicted octanol–water partition coefficient (Wildman–Crippen LogP) is 2.04. The molecule has 7 nitrogen and oxygen atoms in total. The number of amides is 2. The summed E-state index contributed by atoms with van der Waals surface area (Å²) in [5, 5.41) is 13.5. The van der Waals surface area contributed by atoms with Gasteiger partial charge < -0.3 is 10.2 Å². The van der Waals surface area contributed by atoms with E-state index in [9.17, 15) is 4.79 Å². The van der Waals surface area contributed by atoms with Crippen LogP contribution in [-0.2, 0) is 0 Å². The Morgan fingerprint density at radius 1 is 1.32 bits per heavy atom. The van der Waals surface area contributed by atoms with Crippen molar-refractivity contribution in [1.82, 2.24) is 25.3 Å². The Kier molecular flexibility index (Phi) is 6.32. The second-order valence-electron chi connectivity index (χ2n) is 6.20. The molecule has 0 radical (unpaired) electrons. The van der Waals surface area contributed by atoms with Gasteiger partial charge in [0.1, 0.15) is 5.51 Å². The maximum Gasteiger partial charge on any atom is 0.321 e. The first-order valence-corrected chi connectivity index (χ1v) is 9.39. The van der Waals surface area contributed by atoms with Gasteiger partial charge in [-0.05, 0) is 19.0 Å². The molecule has 2 N–H and O–H groups in total. The van der Waals surface area contributed by atoms with Gasteiger partial charge in [-0.3, -0.25) is 10.2 Å². The number of urea groups is 1. The van der Waals surface area contributed by atoms with E-state index in [1.54, 1.807) is 5.51 Å². The van der Waals surface area contributed by atoms with Gasteiger partial charge >= 0.3 is 6.03 Å². The van der Waals surface area contributed by atoms with Crippen LogP contribution in [0.1, 0.15) is 18.0 Å². The molecule has 3 rings (SSSR count). The summed E-state index contributed by atoms with van der Waals surface area (Å²) < 4.78 is 0. The van der Waals surface area contributed by atoms with Gasteiger partial charge in [-0.2, -0.15) is 0 Å². The number of nitrogens with zero attached hydrogens (tertiary/aromatic N) is 4. The molecule has 1 aromatic heterocycles. The van der Waals surface area contributed by atoms with Crippen molar-refractivity contribution in [2.45, 2.75) is 12.5 Å². The number of nitrogens with one attached hydrogen (secondary N) is 2. The van der Waals surface area contributed by atoms with E-state index in [2.05, 4.69) is 68.0 Å². The molecule has 2 heterocycles.